The number of nitrogens with zero attached hydrogens (tertiary/aromatic N) is 2. The summed E-state index contributed by atoms with van der Waals surface area (Å²) in [6.07, 6.45) is 3.50. The van der Waals surface area contributed by atoms with Crippen LogP contribution in [0.5, 0.6) is 11.5 Å². The zero-order valence-electron chi connectivity index (χ0n) is 24.4. The Morgan fingerprint density at radius 2 is 1.81 bits per heavy atom. The van der Waals surface area contributed by atoms with Crippen LogP contribution in [0.3, 0.4) is 0 Å². The molecule has 0 spiro atoms. The Morgan fingerprint density at radius 3 is 2.47 bits per heavy atom. The number of benzene rings is 3. The van der Waals surface area contributed by atoms with E-state index in [2.05, 4.69) is 20.9 Å². The Labute approximate surface area is 266 Å². The van der Waals surface area contributed by atoms with Gasteiger partial charge in [0.1, 0.15) is 6.61 Å². The second-order valence-electron chi connectivity index (χ2n) is 10.1. The highest BCUT2D eigenvalue weighted by Crippen LogP contribution is 2.32. The first-order valence-corrected chi connectivity index (χ1v) is 16.4. The van der Waals surface area contributed by atoms with Crippen molar-refractivity contribution in [2.45, 2.75) is 44.4 Å². The smallest absolute Gasteiger partial charge is 0.338 e. The maximum Gasteiger partial charge on any atom is 0.338 e. The number of thioether (sulfide) groups is 1. The van der Waals surface area contributed by atoms with Crippen LogP contribution in [-0.4, -0.2) is 30.0 Å². The summed E-state index contributed by atoms with van der Waals surface area (Å²) in [7, 11) is 1.59. The highest BCUT2D eigenvalue weighted by Gasteiger charge is 2.33. The number of ether oxygens (including phenoxy) is 3. The van der Waals surface area contributed by atoms with Gasteiger partial charge in [-0.25, -0.2) is 9.79 Å². The van der Waals surface area contributed by atoms with E-state index < -0.39 is 12.0 Å². The minimum Gasteiger partial charge on any atom is -0.493 e. The van der Waals surface area contributed by atoms with Crippen LogP contribution in [0.2, 0.25) is 0 Å². The number of rotatable bonds is 9. The van der Waals surface area contributed by atoms with Gasteiger partial charge in [0.15, 0.2) is 16.3 Å². The third kappa shape index (κ3) is 6.82. The number of hydrogen-bond acceptors (Lipinski definition) is 8. The number of carbonyl (C=O) groups excluding carboxylic acids is 1. The molecule has 1 aliphatic heterocycles. The quantitative estimate of drug-likeness (QED) is 0.154. The maximum atomic E-state index is 14.0. The van der Waals surface area contributed by atoms with Gasteiger partial charge in [-0.2, -0.15) is 0 Å². The molecule has 0 bridgehead atoms. The predicted molar refractivity (Wildman–Crippen MR) is 175 cm³/mol. The SMILES string of the molecule is COc1cc(/C=c2\sc3n(c2=O)[C@@H](c2ccc(SC)cc2)C(C(=O)OC(C)C)=C(C)N=3)ccc1OCc1ccc(Br)cc1. The van der Waals surface area contributed by atoms with E-state index in [1.54, 1.807) is 44.2 Å². The number of allylic oxidation sites excluding steroid dienone is 1. The number of thiazole rings is 1. The normalized spacial score (nSPS) is 14.9. The molecule has 0 fully saturated rings. The van der Waals surface area contributed by atoms with Crippen LogP contribution >= 0.6 is 39.0 Å². The van der Waals surface area contributed by atoms with Crippen LogP contribution in [0.15, 0.2) is 97.2 Å². The van der Waals surface area contributed by atoms with Crippen molar-refractivity contribution in [3.05, 3.63) is 119 Å². The fourth-order valence-corrected chi connectivity index (χ4v) is 6.47. The monoisotopic (exact) mass is 678 g/mol. The average Bonchev–Trinajstić information content (AvgIpc) is 3.29. The van der Waals surface area contributed by atoms with Gasteiger partial charge in [0.2, 0.25) is 0 Å². The predicted octanol–water partition coefficient (Wildman–Crippen LogP) is 6.26. The van der Waals surface area contributed by atoms with Gasteiger partial charge in [0, 0.05) is 9.37 Å². The van der Waals surface area contributed by atoms with Crippen molar-refractivity contribution in [1.82, 2.24) is 4.57 Å². The molecular weight excluding hydrogens is 648 g/mol. The zero-order chi connectivity index (χ0) is 30.7. The van der Waals surface area contributed by atoms with Crippen molar-refractivity contribution in [3.63, 3.8) is 0 Å². The topological polar surface area (TPSA) is 79.1 Å². The van der Waals surface area contributed by atoms with Crippen LogP contribution in [0.1, 0.15) is 43.5 Å². The van der Waals surface area contributed by atoms with Gasteiger partial charge in [-0.15, -0.1) is 11.8 Å². The van der Waals surface area contributed by atoms with Gasteiger partial charge in [-0.1, -0.05) is 57.6 Å². The Morgan fingerprint density at radius 1 is 1.09 bits per heavy atom. The van der Waals surface area contributed by atoms with Crippen molar-refractivity contribution in [3.8, 4) is 11.5 Å². The summed E-state index contributed by atoms with van der Waals surface area (Å²) in [6.45, 7) is 5.78. The first-order chi connectivity index (χ1) is 20.7. The van der Waals surface area contributed by atoms with Gasteiger partial charge >= 0.3 is 5.97 Å². The molecule has 1 atom stereocenters. The third-order valence-corrected chi connectivity index (χ3v) is 9.06. The number of methoxy groups -OCH3 is 1. The molecule has 0 saturated carbocycles. The summed E-state index contributed by atoms with van der Waals surface area (Å²) >= 11 is 6.36. The van der Waals surface area contributed by atoms with Crippen molar-refractivity contribution in [2.24, 2.45) is 4.99 Å². The number of aromatic nitrogens is 1. The lowest BCUT2D eigenvalue weighted by atomic mass is 9.96. The van der Waals surface area contributed by atoms with Crippen molar-refractivity contribution < 1.29 is 19.0 Å². The molecule has 0 saturated heterocycles. The van der Waals surface area contributed by atoms with E-state index in [4.69, 9.17) is 14.2 Å². The van der Waals surface area contributed by atoms with Crippen LogP contribution in [-0.2, 0) is 16.1 Å². The van der Waals surface area contributed by atoms with Crippen molar-refractivity contribution in [2.75, 3.05) is 13.4 Å². The molecule has 0 amide bonds. The lowest BCUT2D eigenvalue weighted by molar-refractivity contribution is -0.143. The van der Waals surface area contributed by atoms with Crippen molar-refractivity contribution in [1.29, 1.82) is 0 Å². The largest absolute Gasteiger partial charge is 0.493 e. The molecule has 43 heavy (non-hydrogen) atoms. The molecule has 0 radical (unpaired) electrons. The van der Waals surface area contributed by atoms with Crippen LogP contribution < -0.4 is 24.4 Å². The minimum atomic E-state index is -0.663. The molecule has 5 rings (SSSR count). The molecule has 10 heteroatoms. The number of halogens is 1. The van der Waals surface area contributed by atoms with Gasteiger partial charge in [0.05, 0.1) is 35.1 Å². The molecule has 0 N–H and O–H groups in total. The Balaban J connectivity index is 1.54. The summed E-state index contributed by atoms with van der Waals surface area (Å²) in [5.41, 5.74) is 3.27. The lowest BCUT2D eigenvalue weighted by Crippen LogP contribution is -2.40. The fourth-order valence-electron chi connectivity index (χ4n) is 4.75. The van der Waals surface area contributed by atoms with Gasteiger partial charge in [-0.3, -0.25) is 9.36 Å². The summed E-state index contributed by atoms with van der Waals surface area (Å²) in [4.78, 5) is 33.6. The molecule has 1 aromatic heterocycles. The first kappa shape index (κ1) is 30.8. The Kier molecular flexibility index (Phi) is 9.59. The number of fused-ring (bicyclic) bond motifs is 1. The highest BCUT2D eigenvalue weighted by atomic mass is 79.9. The molecule has 0 aliphatic carbocycles. The average molecular weight is 680 g/mol. The van der Waals surface area contributed by atoms with E-state index in [0.29, 0.717) is 38.7 Å². The van der Waals surface area contributed by atoms with Crippen LogP contribution in [0, 0.1) is 0 Å². The summed E-state index contributed by atoms with van der Waals surface area (Å²) in [5, 5.41) is 0. The molecule has 2 heterocycles. The van der Waals surface area contributed by atoms with Crippen molar-refractivity contribution >= 4 is 51.1 Å². The van der Waals surface area contributed by atoms with E-state index in [-0.39, 0.29) is 11.7 Å². The molecular formula is C33H31BrN2O5S2. The second kappa shape index (κ2) is 13.4. The fraction of sp³-hybridized carbons (Fsp3) is 0.242. The van der Waals surface area contributed by atoms with Crippen LogP contribution in [0.4, 0.5) is 0 Å². The highest BCUT2D eigenvalue weighted by molar-refractivity contribution is 9.10. The lowest BCUT2D eigenvalue weighted by Gasteiger charge is -2.25. The molecule has 3 aromatic carbocycles. The van der Waals surface area contributed by atoms with Gasteiger partial charge in [-0.05, 0) is 86.2 Å². The van der Waals surface area contributed by atoms with E-state index in [9.17, 15) is 9.59 Å². The summed E-state index contributed by atoms with van der Waals surface area (Å²) in [5.74, 6) is 0.676. The Hall–Kier alpha value is -3.60. The zero-order valence-corrected chi connectivity index (χ0v) is 27.6. The molecule has 7 nitrogen and oxygen atoms in total. The number of hydrogen-bond donors (Lipinski definition) is 0. The molecule has 4 aromatic rings. The summed E-state index contributed by atoms with van der Waals surface area (Å²) in [6, 6.07) is 20.7. The van der Waals surface area contributed by atoms with Crippen LogP contribution in [0.25, 0.3) is 6.08 Å². The maximum absolute atomic E-state index is 14.0. The van der Waals surface area contributed by atoms with E-state index in [0.717, 1.165) is 26.1 Å². The molecule has 222 valence electrons. The molecule has 0 unspecified atom stereocenters. The third-order valence-electron chi connectivity index (χ3n) is 6.81. The second-order valence-corrected chi connectivity index (χ2v) is 12.9. The number of esters is 1. The van der Waals surface area contributed by atoms with E-state index in [1.165, 1.54) is 11.3 Å². The minimum absolute atomic E-state index is 0.237. The van der Waals surface area contributed by atoms with E-state index >= 15 is 0 Å². The van der Waals surface area contributed by atoms with E-state index in [1.807, 2.05) is 79.1 Å². The summed E-state index contributed by atoms with van der Waals surface area (Å²) < 4.78 is 20.3. The van der Waals surface area contributed by atoms with Gasteiger partial charge in [0.25, 0.3) is 5.56 Å². The van der Waals surface area contributed by atoms with Gasteiger partial charge < -0.3 is 14.2 Å². The molecule has 1 aliphatic rings. The Bertz CT molecular complexity index is 1860. The number of carbonyl (C=O) groups is 1. The standard InChI is InChI=1S/C33H31BrN2O5S2/c1-19(2)41-32(38)29-20(3)35-33-36(30(29)23-9-13-25(42-5)14-10-23)31(37)28(43-33)17-22-8-15-26(27(16-22)39-4)40-18-21-6-11-24(34)12-7-21/h6-17,19,30H,18H2,1-5H3/b28-17-/t30-/m0/s1. The first-order valence-electron chi connectivity index (χ1n) is 13.6.